The highest BCUT2D eigenvalue weighted by atomic mass is 19.1. The number of rotatable bonds is 0. The maximum Gasteiger partial charge on any atom is 0.125 e. The van der Waals surface area contributed by atoms with Crippen LogP contribution in [-0.2, 0) is 0 Å². The zero-order valence-corrected chi connectivity index (χ0v) is 9.83. The van der Waals surface area contributed by atoms with Gasteiger partial charge in [-0.25, -0.2) is 4.39 Å². The molecule has 0 saturated heterocycles. The fourth-order valence-corrected chi connectivity index (χ4v) is 1.95. The molecule has 0 fully saturated rings. The second-order valence-corrected chi connectivity index (χ2v) is 5.41. The fraction of sp³-hybridized carbons (Fsp3) is 0.538. The Bertz CT molecular complexity index is 395. The molecule has 1 aliphatic heterocycles. The number of aliphatic hydroxyl groups is 1. The van der Waals surface area contributed by atoms with Gasteiger partial charge in [0.2, 0.25) is 0 Å². The summed E-state index contributed by atoms with van der Waals surface area (Å²) >= 11 is 0. The van der Waals surface area contributed by atoms with E-state index < -0.39 is 6.10 Å². The second kappa shape index (κ2) is 3.74. The van der Waals surface area contributed by atoms with Crippen molar-refractivity contribution in [1.29, 1.82) is 0 Å². The number of benzene rings is 1. The summed E-state index contributed by atoms with van der Waals surface area (Å²) in [5.74, 6) is 0.260. The van der Waals surface area contributed by atoms with Crippen LogP contribution >= 0.6 is 0 Å². The number of hydrogen-bond donors (Lipinski definition) is 1. The molecule has 0 aromatic heterocycles. The van der Waals surface area contributed by atoms with E-state index in [0.717, 1.165) is 0 Å². The predicted molar refractivity (Wildman–Crippen MR) is 59.8 cm³/mol. The van der Waals surface area contributed by atoms with Gasteiger partial charge in [0.1, 0.15) is 17.7 Å². The van der Waals surface area contributed by atoms with Crippen LogP contribution in [0.25, 0.3) is 0 Å². The van der Waals surface area contributed by atoms with Crippen LogP contribution in [0, 0.1) is 11.2 Å². The molecular weight excluding hydrogens is 207 g/mol. The predicted octanol–water partition coefficient (Wildman–Crippen LogP) is 3.06. The zero-order valence-electron chi connectivity index (χ0n) is 9.83. The minimum atomic E-state index is -0.635. The molecule has 0 bridgehead atoms. The molecule has 2 atom stereocenters. The van der Waals surface area contributed by atoms with Crippen molar-refractivity contribution in [3.8, 4) is 5.75 Å². The van der Waals surface area contributed by atoms with Crippen LogP contribution in [-0.4, -0.2) is 11.2 Å². The SMILES string of the molecule is CC(C)(C)C1C[C@H](O)c2cc(F)ccc2O1. The summed E-state index contributed by atoms with van der Waals surface area (Å²) in [7, 11) is 0. The van der Waals surface area contributed by atoms with Gasteiger partial charge in [0.05, 0.1) is 6.10 Å². The lowest BCUT2D eigenvalue weighted by molar-refractivity contribution is 0.00777. The molecule has 2 nitrogen and oxygen atoms in total. The van der Waals surface area contributed by atoms with Gasteiger partial charge >= 0.3 is 0 Å². The first kappa shape index (κ1) is 11.4. The molecule has 3 heteroatoms. The standard InChI is InChI=1S/C13H17FO2/c1-13(2,3)12-7-10(15)9-6-8(14)4-5-11(9)16-12/h4-6,10,12,15H,7H2,1-3H3/t10-,12?/m0/s1. The molecule has 0 aliphatic carbocycles. The third kappa shape index (κ3) is 2.05. The van der Waals surface area contributed by atoms with E-state index >= 15 is 0 Å². The minimum Gasteiger partial charge on any atom is -0.489 e. The van der Waals surface area contributed by atoms with Gasteiger partial charge in [-0.3, -0.25) is 0 Å². The number of fused-ring (bicyclic) bond motifs is 1. The molecular formula is C13H17FO2. The molecule has 1 aromatic carbocycles. The van der Waals surface area contributed by atoms with Crippen LogP contribution in [0.2, 0.25) is 0 Å². The van der Waals surface area contributed by atoms with E-state index in [1.54, 1.807) is 6.07 Å². The monoisotopic (exact) mass is 224 g/mol. The van der Waals surface area contributed by atoms with Crippen molar-refractivity contribution in [1.82, 2.24) is 0 Å². The molecule has 0 spiro atoms. The van der Waals surface area contributed by atoms with Crippen LogP contribution in [0.5, 0.6) is 5.75 Å². The molecule has 1 N–H and O–H groups in total. The molecule has 1 unspecified atom stereocenters. The minimum absolute atomic E-state index is 0.0347. The average Bonchev–Trinajstić information content (AvgIpc) is 2.17. The first-order valence-electron chi connectivity index (χ1n) is 5.52. The highest BCUT2D eigenvalue weighted by Crippen LogP contribution is 2.40. The average molecular weight is 224 g/mol. The van der Waals surface area contributed by atoms with E-state index in [4.69, 9.17) is 4.74 Å². The summed E-state index contributed by atoms with van der Waals surface area (Å²) in [6.45, 7) is 6.21. The second-order valence-electron chi connectivity index (χ2n) is 5.41. The Hall–Kier alpha value is -1.09. The van der Waals surface area contributed by atoms with Gasteiger partial charge in [0.15, 0.2) is 0 Å². The molecule has 1 aliphatic rings. The Labute approximate surface area is 95.1 Å². The van der Waals surface area contributed by atoms with Crippen LogP contribution in [0.15, 0.2) is 18.2 Å². The first-order chi connectivity index (χ1) is 7.38. The third-order valence-corrected chi connectivity index (χ3v) is 3.00. The first-order valence-corrected chi connectivity index (χ1v) is 5.52. The van der Waals surface area contributed by atoms with Gasteiger partial charge in [-0.15, -0.1) is 0 Å². The molecule has 0 radical (unpaired) electrons. The number of halogens is 1. The van der Waals surface area contributed by atoms with Crippen molar-refractivity contribution in [3.05, 3.63) is 29.6 Å². The lowest BCUT2D eigenvalue weighted by Crippen LogP contribution is -2.36. The smallest absolute Gasteiger partial charge is 0.125 e. The lowest BCUT2D eigenvalue weighted by atomic mass is 9.83. The molecule has 16 heavy (non-hydrogen) atoms. The van der Waals surface area contributed by atoms with Crippen molar-refractivity contribution in [3.63, 3.8) is 0 Å². The Morgan fingerprint density at radius 1 is 1.38 bits per heavy atom. The summed E-state index contributed by atoms with van der Waals surface area (Å²) in [5.41, 5.74) is 0.521. The third-order valence-electron chi connectivity index (χ3n) is 3.00. The Morgan fingerprint density at radius 2 is 2.06 bits per heavy atom. The van der Waals surface area contributed by atoms with Crippen molar-refractivity contribution in [2.75, 3.05) is 0 Å². The topological polar surface area (TPSA) is 29.5 Å². The van der Waals surface area contributed by atoms with E-state index in [2.05, 4.69) is 20.8 Å². The molecule has 0 amide bonds. The van der Waals surface area contributed by atoms with E-state index in [1.165, 1.54) is 12.1 Å². The number of ether oxygens (including phenoxy) is 1. The largest absolute Gasteiger partial charge is 0.489 e. The van der Waals surface area contributed by atoms with E-state index in [1.807, 2.05) is 0 Å². The number of aliphatic hydroxyl groups excluding tert-OH is 1. The normalized spacial score (nSPS) is 24.8. The molecule has 88 valence electrons. The summed E-state index contributed by atoms with van der Waals surface area (Å²) in [6.07, 6.45) is -0.163. The fourth-order valence-electron chi connectivity index (χ4n) is 1.95. The van der Waals surface area contributed by atoms with Crippen molar-refractivity contribution < 1.29 is 14.2 Å². The van der Waals surface area contributed by atoms with Crippen LogP contribution < -0.4 is 4.74 Å². The van der Waals surface area contributed by atoms with Crippen LogP contribution in [0.4, 0.5) is 4.39 Å². The highest BCUT2D eigenvalue weighted by Gasteiger charge is 2.34. The Balaban J connectivity index is 2.34. The van der Waals surface area contributed by atoms with Crippen molar-refractivity contribution in [2.24, 2.45) is 5.41 Å². The summed E-state index contributed by atoms with van der Waals surface area (Å²) < 4.78 is 18.8. The quantitative estimate of drug-likeness (QED) is 0.734. The summed E-state index contributed by atoms with van der Waals surface area (Å²) in [5, 5.41) is 9.97. The lowest BCUT2D eigenvalue weighted by Gasteiger charge is -2.37. The van der Waals surface area contributed by atoms with Crippen LogP contribution in [0.1, 0.15) is 38.9 Å². The van der Waals surface area contributed by atoms with Gasteiger partial charge in [-0.05, 0) is 23.6 Å². The van der Waals surface area contributed by atoms with E-state index in [9.17, 15) is 9.50 Å². The zero-order chi connectivity index (χ0) is 11.9. The van der Waals surface area contributed by atoms with E-state index in [0.29, 0.717) is 17.7 Å². The number of hydrogen-bond acceptors (Lipinski definition) is 2. The van der Waals surface area contributed by atoms with Gasteiger partial charge in [0.25, 0.3) is 0 Å². The molecule has 1 aromatic rings. The van der Waals surface area contributed by atoms with Gasteiger partial charge < -0.3 is 9.84 Å². The highest BCUT2D eigenvalue weighted by molar-refractivity contribution is 5.37. The molecule has 1 heterocycles. The van der Waals surface area contributed by atoms with Gasteiger partial charge in [0, 0.05) is 12.0 Å². The van der Waals surface area contributed by atoms with Gasteiger partial charge in [-0.2, -0.15) is 0 Å². The summed E-state index contributed by atoms with van der Waals surface area (Å²) in [6, 6.07) is 4.29. The van der Waals surface area contributed by atoms with Crippen molar-refractivity contribution in [2.45, 2.75) is 39.4 Å². The van der Waals surface area contributed by atoms with Crippen LogP contribution in [0.3, 0.4) is 0 Å². The Kier molecular flexibility index (Phi) is 2.66. The Morgan fingerprint density at radius 3 is 2.69 bits per heavy atom. The van der Waals surface area contributed by atoms with Gasteiger partial charge in [-0.1, -0.05) is 20.8 Å². The maximum atomic E-state index is 13.0. The molecule has 2 rings (SSSR count). The maximum absolute atomic E-state index is 13.0. The summed E-state index contributed by atoms with van der Waals surface area (Å²) in [4.78, 5) is 0. The molecule has 0 saturated carbocycles. The van der Waals surface area contributed by atoms with Crippen molar-refractivity contribution >= 4 is 0 Å². The van der Waals surface area contributed by atoms with E-state index in [-0.39, 0.29) is 17.3 Å².